The first-order valence-electron chi connectivity index (χ1n) is 10.1. The van der Waals surface area contributed by atoms with Crippen LogP contribution in [0.2, 0.25) is 0 Å². The van der Waals surface area contributed by atoms with Gasteiger partial charge in [-0.15, -0.1) is 0 Å². The van der Waals surface area contributed by atoms with E-state index in [1.54, 1.807) is 18.2 Å². The number of hydrogen-bond donors (Lipinski definition) is 0. The van der Waals surface area contributed by atoms with E-state index in [9.17, 15) is 9.18 Å². The summed E-state index contributed by atoms with van der Waals surface area (Å²) in [4.78, 5) is 24.6. The molecule has 1 aliphatic rings. The van der Waals surface area contributed by atoms with Crippen LogP contribution in [-0.4, -0.2) is 34.2 Å². The number of rotatable bonds is 9. The molecule has 3 heterocycles. The second kappa shape index (κ2) is 9.54. The van der Waals surface area contributed by atoms with E-state index in [2.05, 4.69) is 16.0 Å². The molecule has 0 saturated carbocycles. The Labute approximate surface area is 174 Å². The maximum absolute atomic E-state index is 12.9. The minimum absolute atomic E-state index is 0.197. The van der Waals surface area contributed by atoms with Crippen molar-refractivity contribution in [2.24, 2.45) is 0 Å². The molecule has 1 saturated heterocycles. The van der Waals surface area contributed by atoms with E-state index in [1.807, 2.05) is 12.3 Å². The van der Waals surface area contributed by atoms with Gasteiger partial charge in [-0.25, -0.2) is 4.39 Å². The molecule has 0 N–H and O–H groups in total. The lowest BCUT2D eigenvalue weighted by molar-refractivity contribution is 0.0862. The number of halogens is 1. The fourth-order valence-electron chi connectivity index (χ4n) is 3.11. The lowest BCUT2D eigenvalue weighted by Crippen LogP contribution is -2.38. The highest BCUT2D eigenvalue weighted by atomic mass is 19.1. The van der Waals surface area contributed by atoms with E-state index in [0.717, 1.165) is 29.0 Å². The van der Waals surface area contributed by atoms with Gasteiger partial charge >= 0.3 is 0 Å². The van der Waals surface area contributed by atoms with Crippen LogP contribution in [0.5, 0.6) is 5.75 Å². The van der Waals surface area contributed by atoms with Gasteiger partial charge < -0.3 is 14.5 Å². The summed E-state index contributed by atoms with van der Waals surface area (Å²) in [6, 6.07) is 13.0. The van der Waals surface area contributed by atoms with Crippen LogP contribution in [0.25, 0.3) is 0 Å². The van der Waals surface area contributed by atoms with Gasteiger partial charge in [0.05, 0.1) is 11.9 Å². The van der Waals surface area contributed by atoms with Crippen LogP contribution in [0, 0.1) is 5.82 Å². The molecular formula is C23H24FN3O3. The molecule has 1 aliphatic heterocycles. The molecule has 0 bridgehead atoms. The summed E-state index contributed by atoms with van der Waals surface area (Å²) in [6.45, 7) is 3.91. The van der Waals surface area contributed by atoms with E-state index >= 15 is 0 Å². The molecule has 0 radical (unpaired) electrons. The van der Waals surface area contributed by atoms with Gasteiger partial charge in [-0.2, -0.15) is 4.73 Å². The monoisotopic (exact) mass is 409 g/mol. The van der Waals surface area contributed by atoms with Crippen LogP contribution >= 0.6 is 0 Å². The zero-order chi connectivity index (χ0) is 20.8. The molecule has 0 amide bonds. The van der Waals surface area contributed by atoms with Gasteiger partial charge in [-0.3, -0.25) is 9.78 Å². The Kier molecular flexibility index (Phi) is 6.39. The third-order valence-corrected chi connectivity index (χ3v) is 5.08. The second-order valence-electron chi connectivity index (χ2n) is 7.32. The summed E-state index contributed by atoms with van der Waals surface area (Å²) in [5.41, 5.74) is 2.44. The molecule has 30 heavy (non-hydrogen) atoms. The van der Waals surface area contributed by atoms with E-state index in [0.29, 0.717) is 5.75 Å². The summed E-state index contributed by atoms with van der Waals surface area (Å²) in [6.07, 6.45) is 5.68. The highest BCUT2D eigenvalue weighted by molar-refractivity contribution is 5.20. The molecule has 0 aliphatic carbocycles. The van der Waals surface area contributed by atoms with Gasteiger partial charge in [0, 0.05) is 24.9 Å². The third kappa shape index (κ3) is 5.45. The van der Waals surface area contributed by atoms with Crippen molar-refractivity contribution in [1.82, 2.24) is 14.6 Å². The Bertz CT molecular complexity index is 1020. The minimum Gasteiger partial charge on any atom is -0.489 e. The minimum atomic E-state index is -0.335. The summed E-state index contributed by atoms with van der Waals surface area (Å²) in [7, 11) is 0. The lowest BCUT2D eigenvalue weighted by Gasteiger charge is -2.30. The topological polar surface area (TPSA) is 56.6 Å². The highest BCUT2D eigenvalue weighted by Gasteiger charge is 2.12. The molecule has 6 nitrogen and oxygen atoms in total. The molecule has 1 fully saturated rings. The molecule has 2 aromatic heterocycles. The van der Waals surface area contributed by atoms with Crippen LogP contribution < -0.4 is 15.1 Å². The van der Waals surface area contributed by atoms with Crippen molar-refractivity contribution in [2.75, 3.05) is 19.6 Å². The summed E-state index contributed by atoms with van der Waals surface area (Å²) >= 11 is 0. The number of nitrogens with zero attached hydrogens (tertiary/aromatic N) is 3. The summed E-state index contributed by atoms with van der Waals surface area (Å²) < 4.78 is 19.7. The number of hydrogen-bond acceptors (Lipinski definition) is 5. The SMILES string of the molecule is O=c1cc(OCc2ccc(F)cc2)ccn1OCc1ccc(CCN2CCC2)cn1. The van der Waals surface area contributed by atoms with Crippen molar-refractivity contribution in [3.05, 3.63) is 93.9 Å². The smallest absolute Gasteiger partial charge is 0.286 e. The molecule has 3 aromatic rings. The van der Waals surface area contributed by atoms with Gasteiger partial charge in [-0.1, -0.05) is 18.2 Å². The Morgan fingerprint density at radius 1 is 1.00 bits per heavy atom. The standard InChI is InChI=1S/C23H24FN3O3/c24-20-5-2-19(3-6-20)16-29-22-9-13-27(23(28)14-22)30-17-21-7-4-18(15-25-21)8-12-26-10-1-11-26/h2-7,9,13-15H,1,8,10-12,16-17H2. The first-order valence-corrected chi connectivity index (χ1v) is 10.1. The van der Waals surface area contributed by atoms with Crippen molar-refractivity contribution < 1.29 is 14.0 Å². The van der Waals surface area contributed by atoms with Crippen molar-refractivity contribution in [1.29, 1.82) is 0 Å². The van der Waals surface area contributed by atoms with E-state index < -0.39 is 0 Å². The highest BCUT2D eigenvalue weighted by Crippen LogP contribution is 2.11. The molecule has 156 valence electrons. The van der Waals surface area contributed by atoms with Gasteiger partial charge in [0.2, 0.25) is 0 Å². The van der Waals surface area contributed by atoms with E-state index in [4.69, 9.17) is 9.57 Å². The van der Waals surface area contributed by atoms with Crippen LogP contribution in [0.15, 0.2) is 65.7 Å². The molecular weight excluding hydrogens is 385 g/mol. The van der Waals surface area contributed by atoms with Crippen LogP contribution in [-0.2, 0) is 19.6 Å². The molecule has 1 aromatic carbocycles. The number of likely N-dealkylation sites (tertiary alicyclic amines) is 1. The van der Waals surface area contributed by atoms with Crippen LogP contribution in [0.3, 0.4) is 0 Å². The van der Waals surface area contributed by atoms with Crippen molar-refractivity contribution in [2.45, 2.75) is 26.1 Å². The molecule has 0 unspecified atom stereocenters. The number of ether oxygens (including phenoxy) is 1. The van der Waals surface area contributed by atoms with Gasteiger partial charge in [0.25, 0.3) is 5.56 Å². The Hall–Kier alpha value is -3.19. The Balaban J connectivity index is 1.27. The van der Waals surface area contributed by atoms with Gasteiger partial charge in [-0.05, 0) is 55.3 Å². The zero-order valence-electron chi connectivity index (χ0n) is 16.7. The zero-order valence-corrected chi connectivity index (χ0v) is 16.7. The molecule has 0 atom stereocenters. The Morgan fingerprint density at radius 3 is 2.47 bits per heavy atom. The number of pyridine rings is 2. The van der Waals surface area contributed by atoms with Crippen LogP contribution in [0.1, 0.15) is 23.2 Å². The average molecular weight is 409 g/mol. The van der Waals surface area contributed by atoms with E-state index in [1.165, 1.54) is 49.5 Å². The van der Waals surface area contributed by atoms with E-state index in [-0.39, 0.29) is 24.6 Å². The average Bonchev–Trinajstić information content (AvgIpc) is 2.72. The lowest BCUT2D eigenvalue weighted by atomic mass is 10.1. The van der Waals surface area contributed by atoms with Crippen molar-refractivity contribution in [3.63, 3.8) is 0 Å². The summed E-state index contributed by atoms with van der Waals surface area (Å²) in [5, 5.41) is 0. The van der Waals surface area contributed by atoms with Gasteiger partial charge in [0.15, 0.2) is 6.61 Å². The normalized spacial score (nSPS) is 13.6. The maximum atomic E-state index is 12.9. The van der Waals surface area contributed by atoms with Crippen LogP contribution in [0.4, 0.5) is 4.39 Å². The fourth-order valence-corrected chi connectivity index (χ4v) is 3.11. The predicted molar refractivity (Wildman–Crippen MR) is 111 cm³/mol. The maximum Gasteiger partial charge on any atom is 0.286 e. The fraction of sp³-hybridized carbons (Fsp3) is 0.304. The molecule has 7 heteroatoms. The first-order chi connectivity index (χ1) is 14.7. The summed E-state index contributed by atoms with van der Waals surface area (Å²) in [5.74, 6) is 0.128. The van der Waals surface area contributed by atoms with Crippen molar-refractivity contribution in [3.8, 4) is 5.75 Å². The number of aromatic nitrogens is 2. The first kappa shape index (κ1) is 20.1. The quantitative estimate of drug-likeness (QED) is 0.544. The largest absolute Gasteiger partial charge is 0.489 e. The van der Waals surface area contributed by atoms with Gasteiger partial charge in [0.1, 0.15) is 18.2 Å². The predicted octanol–water partition coefficient (Wildman–Crippen LogP) is 2.84. The second-order valence-corrected chi connectivity index (χ2v) is 7.32. The number of benzene rings is 1. The Morgan fingerprint density at radius 2 is 1.80 bits per heavy atom. The third-order valence-electron chi connectivity index (χ3n) is 5.08. The van der Waals surface area contributed by atoms with Crippen molar-refractivity contribution >= 4 is 0 Å². The molecule has 4 rings (SSSR count). The molecule has 0 spiro atoms.